The molecule has 30 heavy (non-hydrogen) atoms. The minimum absolute atomic E-state index is 0.676. The largest absolute Gasteiger partial charge is 0.416 e. The summed E-state index contributed by atoms with van der Waals surface area (Å²) in [5.41, 5.74) is 2.31. The van der Waals surface area contributed by atoms with Crippen LogP contribution in [0.4, 0.5) is 0 Å². The first kappa shape index (κ1) is 17.4. The first-order valence-electron chi connectivity index (χ1n) is 9.84. The molecule has 0 amide bonds. The van der Waals surface area contributed by atoms with Gasteiger partial charge >= 0.3 is 0 Å². The third-order valence-electron chi connectivity index (χ3n) is 5.53. The smallest absolute Gasteiger partial charge is 0.252 e. The molecule has 6 rings (SSSR count). The van der Waals surface area contributed by atoms with Crippen LogP contribution in [-0.4, -0.2) is 7.85 Å². The quantitative estimate of drug-likeness (QED) is 0.268. The van der Waals surface area contributed by atoms with E-state index in [0.717, 1.165) is 38.0 Å². The van der Waals surface area contributed by atoms with Gasteiger partial charge in [0.2, 0.25) is 0 Å². The van der Waals surface area contributed by atoms with Crippen molar-refractivity contribution in [1.29, 1.82) is 0 Å². The topological polar surface area (TPSA) is 26.3 Å². The second-order valence-corrected chi connectivity index (χ2v) is 8.68. The Kier molecular flexibility index (Phi) is 3.97. The van der Waals surface area contributed by atoms with Crippen LogP contribution in [0.3, 0.4) is 0 Å². The summed E-state index contributed by atoms with van der Waals surface area (Å²) in [5.74, 6) is 0. The lowest BCUT2D eigenvalue weighted by Crippen LogP contribution is -2.02. The van der Waals surface area contributed by atoms with Crippen LogP contribution in [0.1, 0.15) is 0 Å². The van der Waals surface area contributed by atoms with E-state index in [0.29, 0.717) is 5.46 Å². The minimum Gasteiger partial charge on any atom is -0.416 e. The van der Waals surface area contributed by atoms with Gasteiger partial charge < -0.3 is 8.39 Å². The van der Waals surface area contributed by atoms with Crippen LogP contribution in [0, 0.1) is 0 Å². The van der Waals surface area contributed by atoms with E-state index in [9.17, 15) is 0 Å². The third kappa shape index (κ3) is 2.67. The minimum atomic E-state index is -1.42. The van der Waals surface area contributed by atoms with E-state index < -0.39 is 8.01 Å². The molecule has 0 bridgehead atoms. The second-order valence-electron chi connectivity index (χ2n) is 7.32. The van der Waals surface area contributed by atoms with Gasteiger partial charge in [-0.2, -0.15) is 0 Å². The van der Waals surface area contributed by atoms with Crippen LogP contribution in [0.25, 0.3) is 48.8 Å². The van der Waals surface area contributed by atoms with Crippen molar-refractivity contribution in [2.24, 2.45) is 0 Å². The van der Waals surface area contributed by atoms with Gasteiger partial charge in [0.15, 0.2) is 0 Å². The Morgan fingerprint density at radius 1 is 0.533 bits per heavy atom. The van der Waals surface area contributed by atoms with Crippen molar-refractivity contribution in [3.63, 3.8) is 0 Å². The van der Waals surface area contributed by atoms with Crippen LogP contribution < -0.4 is 5.46 Å². The van der Waals surface area contributed by atoms with Gasteiger partial charge in [0, 0.05) is 10.8 Å². The van der Waals surface area contributed by atoms with E-state index in [1.54, 1.807) is 0 Å². The fraction of sp³-hybridized carbons (Fsp3) is 0. The molecule has 0 aliphatic carbocycles. The molecule has 2 radical (unpaired) electrons. The predicted octanol–water partition coefficient (Wildman–Crippen LogP) is 7.38. The van der Waals surface area contributed by atoms with Gasteiger partial charge in [-0.15, -0.1) is 0 Å². The molecule has 0 unspecified atom stereocenters. The van der Waals surface area contributed by atoms with E-state index in [-0.39, 0.29) is 0 Å². The van der Waals surface area contributed by atoms with Gasteiger partial charge in [-0.1, -0.05) is 84.3 Å². The summed E-state index contributed by atoms with van der Waals surface area (Å²) in [5, 5.41) is 7.66. The molecule has 4 heteroatoms. The van der Waals surface area contributed by atoms with Gasteiger partial charge in [-0.05, 0) is 39.7 Å². The zero-order chi connectivity index (χ0) is 20.1. The molecule has 1 heterocycles. The molecule has 0 fully saturated rings. The zero-order valence-corrected chi connectivity index (χ0v) is 17.0. The summed E-state index contributed by atoms with van der Waals surface area (Å²) in [6, 6.07) is 32.9. The second kappa shape index (κ2) is 6.83. The maximum absolute atomic E-state index is 6.53. The Morgan fingerprint density at radius 3 is 1.60 bits per heavy atom. The highest BCUT2D eigenvalue weighted by molar-refractivity contribution is 7.46. The summed E-state index contributed by atoms with van der Waals surface area (Å²) >= 11 is 0. The predicted molar refractivity (Wildman–Crippen MR) is 128 cm³/mol. The van der Waals surface area contributed by atoms with Gasteiger partial charge in [-0.3, -0.25) is 0 Å². The maximum Gasteiger partial charge on any atom is 0.252 e. The molecule has 2 nitrogen and oxygen atoms in total. The maximum atomic E-state index is 6.53. The van der Waals surface area contributed by atoms with Crippen LogP contribution in [0.5, 0.6) is 0 Å². The standard InChI is InChI=1S/C26H16BO2P/c27-21-11-5-6-12-24(21)30-28-22-15-13-17-7-1-3-9-19(17)25(22)26-20-10-4-2-8-18(20)14-16-23(26)29-30/h1-16H. The Morgan fingerprint density at radius 2 is 1.03 bits per heavy atom. The Hall–Kier alpha value is -3.42. The van der Waals surface area contributed by atoms with Crippen molar-refractivity contribution in [2.45, 2.75) is 0 Å². The summed E-state index contributed by atoms with van der Waals surface area (Å²) < 4.78 is 13.1. The lowest BCUT2D eigenvalue weighted by molar-refractivity contribution is 0.651. The SMILES string of the molecule is [B]c1ccccc1-p1oc2ccc3ccccc3c2c2c(ccc3ccccc32)o1. The highest BCUT2D eigenvalue weighted by Gasteiger charge is 2.14. The Bertz CT molecular complexity index is 1520. The van der Waals surface area contributed by atoms with Crippen molar-refractivity contribution < 1.29 is 8.39 Å². The lowest BCUT2D eigenvalue weighted by atomic mass is 9.97. The van der Waals surface area contributed by atoms with Crippen molar-refractivity contribution in [1.82, 2.24) is 0 Å². The molecule has 0 atom stereocenters. The summed E-state index contributed by atoms with van der Waals surface area (Å²) in [6.45, 7) is 0. The highest BCUT2D eigenvalue weighted by atomic mass is 31.1. The first-order chi connectivity index (χ1) is 14.8. The number of hydrogen-bond acceptors (Lipinski definition) is 2. The van der Waals surface area contributed by atoms with E-state index in [1.165, 1.54) is 10.8 Å². The molecule has 0 saturated heterocycles. The molecule has 0 aliphatic heterocycles. The molecule has 6 aromatic rings. The normalized spacial score (nSPS) is 11.5. The fourth-order valence-corrected chi connectivity index (χ4v) is 5.51. The van der Waals surface area contributed by atoms with Crippen molar-refractivity contribution >= 4 is 64.8 Å². The molecule has 0 saturated carbocycles. The van der Waals surface area contributed by atoms with Gasteiger partial charge in [0.25, 0.3) is 8.01 Å². The lowest BCUT2D eigenvalue weighted by Gasteiger charge is -2.05. The summed E-state index contributed by atoms with van der Waals surface area (Å²) in [7, 11) is 4.86. The molecular weight excluding hydrogens is 386 g/mol. The number of fused-ring (bicyclic) bond motifs is 7. The van der Waals surface area contributed by atoms with Crippen LogP contribution in [0.15, 0.2) is 105 Å². The number of benzene rings is 5. The zero-order valence-electron chi connectivity index (χ0n) is 16.1. The van der Waals surface area contributed by atoms with Crippen molar-refractivity contribution in [2.75, 3.05) is 0 Å². The molecule has 1 aromatic heterocycles. The van der Waals surface area contributed by atoms with Crippen molar-refractivity contribution in [3.05, 3.63) is 97.1 Å². The Labute approximate surface area is 175 Å². The fourth-order valence-electron chi connectivity index (χ4n) is 4.12. The van der Waals surface area contributed by atoms with Crippen LogP contribution in [0.2, 0.25) is 0 Å². The van der Waals surface area contributed by atoms with E-state index in [2.05, 4.69) is 60.7 Å². The molecule has 5 aromatic carbocycles. The average Bonchev–Trinajstić information content (AvgIpc) is 2.96. The Balaban J connectivity index is 1.92. The first-order valence-corrected chi connectivity index (χ1v) is 11.0. The van der Waals surface area contributed by atoms with E-state index >= 15 is 0 Å². The summed E-state index contributed by atoms with van der Waals surface area (Å²) in [4.78, 5) is 0. The average molecular weight is 402 g/mol. The molecule has 0 N–H and O–H groups in total. The third-order valence-corrected chi connectivity index (χ3v) is 7.05. The molecule has 0 aliphatic rings. The van der Waals surface area contributed by atoms with E-state index in [1.807, 2.05) is 36.4 Å². The van der Waals surface area contributed by atoms with Crippen LogP contribution >= 0.6 is 8.01 Å². The van der Waals surface area contributed by atoms with Gasteiger partial charge in [0.05, 0.1) is 5.30 Å². The van der Waals surface area contributed by atoms with Gasteiger partial charge in [0.1, 0.15) is 19.0 Å². The highest BCUT2D eigenvalue weighted by Crippen LogP contribution is 2.44. The number of rotatable bonds is 1. The molecule has 140 valence electrons. The summed E-state index contributed by atoms with van der Waals surface area (Å²) in [6.07, 6.45) is 0. The van der Waals surface area contributed by atoms with Crippen LogP contribution in [-0.2, 0) is 0 Å². The molecular formula is C26H16BO2P. The van der Waals surface area contributed by atoms with E-state index in [4.69, 9.17) is 16.2 Å². The van der Waals surface area contributed by atoms with Gasteiger partial charge in [-0.25, -0.2) is 0 Å². The van der Waals surface area contributed by atoms with Crippen molar-refractivity contribution in [3.8, 4) is 5.30 Å². The monoisotopic (exact) mass is 402 g/mol. The number of hydrogen-bond donors (Lipinski definition) is 0. The molecule has 0 spiro atoms.